The molecule has 0 N–H and O–H groups in total. The van der Waals surface area contributed by atoms with Crippen molar-refractivity contribution < 1.29 is 0 Å². The quantitative estimate of drug-likeness (QED) is 0.537. The average Bonchev–Trinajstić information content (AvgIpc) is 3.07. The predicted octanol–water partition coefficient (Wildman–Crippen LogP) is 3.01. The maximum atomic E-state index is 2.49. The van der Waals surface area contributed by atoms with Gasteiger partial charge in [-0.15, -0.1) is 0 Å². The van der Waals surface area contributed by atoms with E-state index in [0.29, 0.717) is 21.7 Å². The van der Waals surface area contributed by atoms with Crippen molar-refractivity contribution in [1.82, 2.24) is 0 Å². The lowest BCUT2D eigenvalue weighted by atomic mass is 9.54. The summed E-state index contributed by atoms with van der Waals surface area (Å²) in [6.07, 6.45) is 21.8. The summed E-state index contributed by atoms with van der Waals surface area (Å²) in [4.78, 5) is 0. The van der Waals surface area contributed by atoms with Gasteiger partial charge in [0.1, 0.15) is 0 Å². The minimum Gasteiger partial charge on any atom is -0.0765 e. The molecule has 0 radical (unpaired) electrons. The lowest BCUT2D eigenvalue weighted by Crippen LogP contribution is -2.44. The first-order valence-corrected chi connectivity index (χ1v) is 5.57. The SMILES string of the molecule is C1=CC23CC2(C=C1)C12C=CC=CC31C2. The molecule has 0 amide bonds. The Hall–Kier alpha value is -1.04. The van der Waals surface area contributed by atoms with E-state index in [9.17, 15) is 0 Å². The molecular formula is C14H12. The summed E-state index contributed by atoms with van der Waals surface area (Å²) in [6.45, 7) is 0. The van der Waals surface area contributed by atoms with E-state index in [2.05, 4.69) is 48.6 Å². The fourth-order valence-corrected chi connectivity index (χ4v) is 5.26. The molecule has 0 heterocycles. The van der Waals surface area contributed by atoms with Gasteiger partial charge in [-0.25, -0.2) is 0 Å². The van der Waals surface area contributed by atoms with Crippen LogP contribution in [-0.2, 0) is 0 Å². The maximum absolute atomic E-state index is 2.49. The van der Waals surface area contributed by atoms with Crippen molar-refractivity contribution in [2.45, 2.75) is 12.8 Å². The minimum atomic E-state index is 0.552. The Morgan fingerprint density at radius 2 is 0.786 bits per heavy atom. The lowest BCUT2D eigenvalue weighted by molar-refractivity contribution is 0.120. The zero-order chi connectivity index (χ0) is 9.07. The Bertz CT molecular complexity index is 386. The molecule has 5 aliphatic carbocycles. The molecule has 5 rings (SSSR count). The van der Waals surface area contributed by atoms with Gasteiger partial charge in [-0.2, -0.15) is 0 Å². The first-order chi connectivity index (χ1) is 6.83. The van der Waals surface area contributed by atoms with Gasteiger partial charge in [0.25, 0.3) is 0 Å². The molecule has 3 saturated carbocycles. The topological polar surface area (TPSA) is 0 Å². The molecule has 0 bridgehead atoms. The molecule has 68 valence electrons. The van der Waals surface area contributed by atoms with Crippen LogP contribution in [0.25, 0.3) is 0 Å². The van der Waals surface area contributed by atoms with Crippen molar-refractivity contribution in [3.05, 3.63) is 48.6 Å². The van der Waals surface area contributed by atoms with Crippen LogP contribution in [0.5, 0.6) is 0 Å². The second kappa shape index (κ2) is 1.32. The summed E-state index contributed by atoms with van der Waals surface area (Å²) in [7, 11) is 0. The zero-order valence-electron chi connectivity index (χ0n) is 8.03. The Kier molecular flexibility index (Phi) is 0.609. The molecule has 0 saturated heterocycles. The minimum absolute atomic E-state index is 0.552. The number of hydrogen-bond donors (Lipinski definition) is 0. The molecular weight excluding hydrogens is 168 g/mol. The molecule has 0 spiro atoms. The smallest absolute Gasteiger partial charge is 0.00937 e. The Morgan fingerprint density at radius 3 is 1.07 bits per heavy atom. The largest absolute Gasteiger partial charge is 0.0765 e. The van der Waals surface area contributed by atoms with Crippen LogP contribution in [0, 0.1) is 21.7 Å². The van der Waals surface area contributed by atoms with Gasteiger partial charge < -0.3 is 0 Å². The van der Waals surface area contributed by atoms with E-state index in [4.69, 9.17) is 0 Å². The van der Waals surface area contributed by atoms with Crippen LogP contribution in [0.15, 0.2) is 48.6 Å². The van der Waals surface area contributed by atoms with Crippen LogP contribution in [0.2, 0.25) is 0 Å². The van der Waals surface area contributed by atoms with Crippen LogP contribution < -0.4 is 0 Å². The maximum Gasteiger partial charge on any atom is 0.00937 e. The molecule has 14 heavy (non-hydrogen) atoms. The molecule has 0 nitrogen and oxygen atoms in total. The standard InChI is InChI=1S/C14H12/c1-2-6-12-9-11(12,5-1)13-7-3-4-8-14(12,13)10-13/h1-8H,9-10H2. The highest BCUT2D eigenvalue weighted by Gasteiger charge is 3.02. The summed E-state index contributed by atoms with van der Waals surface area (Å²) in [5.41, 5.74) is 2.21. The van der Waals surface area contributed by atoms with Gasteiger partial charge in [-0.1, -0.05) is 48.6 Å². The molecule has 0 aromatic rings. The van der Waals surface area contributed by atoms with Gasteiger partial charge in [-0.3, -0.25) is 0 Å². The van der Waals surface area contributed by atoms with E-state index in [1.165, 1.54) is 12.8 Å². The van der Waals surface area contributed by atoms with Gasteiger partial charge >= 0.3 is 0 Å². The molecule has 3 fully saturated rings. The van der Waals surface area contributed by atoms with Gasteiger partial charge in [0.05, 0.1) is 0 Å². The van der Waals surface area contributed by atoms with E-state index >= 15 is 0 Å². The summed E-state index contributed by atoms with van der Waals surface area (Å²) in [6, 6.07) is 0. The highest BCUT2D eigenvalue weighted by Crippen LogP contribution is 3.07. The Labute approximate surface area is 83.7 Å². The first-order valence-electron chi connectivity index (χ1n) is 5.57. The van der Waals surface area contributed by atoms with Crippen molar-refractivity contribution in [2.24, 2.45) is 21.7 Å². The molecule has 0 aromatic heterocycles. The van der Waals surface area contributed by atoms with Gasteiger partial charge in [0.2, 0.25) is 0 Å². The monoisotopic (exact) mass is 180 g/mol. The highest BCUT2D eigenvalue weighted by atomic mass is 15.0. The molecule has 0 atom stereocenters. The average molecular weight is 180 g/mol. The third kappa shape index (κ3) is 0.293. The van der Waals surface area contributed by atoms with Gasteiger partial charge in [0, 0.05) is 21.7 Å². The third-order valence-electron chi connectivity index (χ3n) is 5.79. The second-order valence-electron chi connectivity index (χ2n) is 5.68. The van der Waals surface area contributed by atoms with E-state index in [0.717, 1.165) is 0 Å². The van der Waals surface area contributed by atoms with Crippen LogP contribution in [0.1, 0.15) is 12.8 Å². The normalized spacial score (nSPS) is 67.4. The second-order valence-corrected chi connectivity index (χ2v) is 5.68. The first kappa shape index (κ1) is 6.44. The van der Waals surface area contributed by atoms with E-state index in [1.807, 2.05) is 0 Å². The van der Waals surface area contributed by atoms with Crippen molar-refractivity contribution in [3.8, 4) is 0 Å². The van der Waals surface area contributed by atoms with Crippen molar-refractivity contribution in [1.29, 1.82) is 0 Å². The molecule has 0 aliphatic heterocycles. The number of hydrogen-bond acceptors (Lipinski definition) is 0. The molecule has 0 aromatic carbocycles. The van der Waals surface area contributed by atoms with E-state index in [-0.39, 0.29) is 0 Å². The van der Waals surface area contributed by atoms with Crippen molar-refractivity contribution in [2.75, 3.05) is 0 Å². The molecule has 5 aliphatic rings. The lowest BCUT2D eigenvalue weighted by Gasteiger charge is -2.48. The van der Waals surface area contributed by atoms with Crippen molar-refractivity contribution in [3.63, 3.8) is 0 Å². The molecule has 0 heteroatoms. The van der Waals surface area contributed by atoms with Crippen LogP contribution in [0.4, 0.5) is 0 Å². The van der Waals surface area contributed by atoms with Gasteiger partial charge in [0.15, 0.2) is 0 Å². The fourth-order valence-electron chi connectivity index (χ4n) is 5.26. The Balaban J connectivity index is 1.86. The summed E-state index contributed by atoms with van der Waals surface area (Å²) in [5.74, 6) is 0. The fraction of sp³-hybridized carbons (Fsp3) is 0.429. The zero-order valence-corrected chi connectivity index (χ0v) is 8.03. The number of rotatable bonds is 0. The van der Waals surface area contributed by atoms with Crippen LogP contribution in [-0.4, -0.2) is 0 Å². The third-order valence-corrected chi connectivity index (χ3v) is 5.79. The van der Waals surface area contributed by atoms with Gasteiger partial charge in [-0.05, 0) is 12.8 Å². The summed E-state index contributed by atoms with van der Waals surface area (Å²) < 4.78 is 0. The highest BCUT2D eigenvalue weighted by molar-refractivity contribution is 5.66. The molecule has 0 unspecified atom stereocenters. The summed E-state index contributed by atoms with van der Waals surface area (Å²) >= 11 is 0. The summed E-state index contributed by atoms with van der Waals surface area (Å²) in [5, 5.41) is 0. The Morgan fingerprint density at radius 1 is 0.500 bits per heavy atom. The van der Waals surface area contributed by atoms with Crippen LogP contribution in [0.3, 0.4) is 0 Å². The van der Waals surface area contributed by atoms with E-state index < -0.39 is 0 Å². The number of allylic oxidation sites excluding steroid dienone is 8. The predicted molar refractivity (Wildman–Crippen MR) is 55.5 cm³/mol. The van der Waals surface area contributed by atoms with E-state index in [1.54, 1.807) is 0 Å². The van der Waals surface area contributed by atoms with Crippen molar-refractivity contribution >= 4 is 0 Å². The van der Waals surface area contributed by atoms with Crippen LogP contribution >= 0.6 is 0 Å².